The van der Waals surface area contributed by atoms with E-state index in [0.29, 0.717) is 0 Å². The van der Waals surface area contributed by atoms with E-state index >= 15 is 0 Å². The summed E-state index contributed by atoms with van der Waals surface area (Å²) in [7, 11) is -9.55. The summed E-state index contributed by atoms with van der Waals surface area (Å²) in [5.74, 6) is 0. The van der Waals surface area contributed by atoms with Crippen LogP contribution in [-0.2, 0) is 20.2 Å². The highest BCUT2D eigenvalue weighted by Crippen LogP contribution is 2.28. The highest BCUT2D eigenvalue weighted by atomic mass is 32.2. The average Bonchev–Trinajstić information content (AvgIpc) is 2.13. The molecule has 0 aliphatic heterocycles. The van der Waals surface area contributed by atoms with Gasteiger partial charge in [0, 0.05) is 0 Å². The van der Waals surface area contributed by atoms with E-state index in [1.807, 2.05) is 0 Å². The molecule has 1 aromatic rings. The van der Waals surface area contributed by atoms with Gasteiger partial charge in [-0.2, -0.15) is 16.8 Å². The standard InChI is InChI=1S/C9H10O6S2.Mg.2H/c1-6(2)7-4-3-5-8(16(10,11)12)9(7)17(13,14)15;;;/h3-5H,1H2,2H3,(H,10,11,12)(H,13,14,15);;;. The molecule has 0 aliphatic rings. The molecule has 98 valence electrons. The lowest BCUT2D eigenvalue weighted by molar-refractivity contribution is 0.466. The van der Waals surface area contributed by atoms with Crippen LogP contribution in [0.3, 0.4) is 0 Å². The van der Waals surface area contributed by atoms with Crippen molar-refractivity contribution in [2.45, 2.75) is 16.7 Å². The minimum Gasteiger partial charge on any atom is -0.282 e. The van der Waals surface area contributed by atoms with E-state index in [9.17, 15) is 16.8 Å². The molecule has 0 unspecified atom stereocenters. The Labute approximate surface area is 121 Å². The Morgan fingerprint density at radius 2 is 1.61 bits per heavy atom. The fourth-order valence-corrected chi connectivity index (χ4v) is 3.39. The first kappa shape index (κ1) is 17.5. The first-order valence-corrected chi connectivity index (χ1v) is 7.17. The number of rotatable bonds is 3. The van der Waals surface area contributed by atoms with Gasteiger partial charge < -0.3 is 0 Å². The Hall–Kier alpha value is -0.454. The highest BCUT2D eigenvalue weighted by Gasteiger charge is 2.27. The minimum atomic E-state index is -4.79. The first-order chi connectivity index (χ1) is 7.55. The van der Waals surface area contributed by atoms with E-state index < -0.39 is 30.0 Å². The Bertz CT molecular complexity index is 675. The lowest BCUT2D eigenvalue weighted by Crippen LogP contribution is -2.10. The largest absolute Gasteiger partial charge is 0.316 e. The third kappa shape index (κ3) is 3.77. The molecule has 18 heavy (non-hydrogen) atoms. The maximum atomic E-state index is 11.2. The summed E-state index contributed by atoms with van der Waals surface area (Å²) in [5, 5.41) is 0. The smallest absolute Gasteiger partial charge is 0.282 e. The van der Waals surface area contributed by atoms with Crippen LogP contribution >= 0.6 is 0 Å². The first-order valence-electron chi connectivity index (χ1n) is 4.29. The summed E-state index contributed by atoms with van der Waals surface area (Å²) in [5.41, 5.74) is 0.172. The van der Waals surface area contributed by atoms with Gasteiger partial charge in [0.1, 0.15) is 9.79 Å². The Balaban J connectivity index is 0.00000289. The van der Waals surface area contributed by atoms with Gasteiger partial charge in [-0.1, -0.05) is 18.7 Å². The number of benzene rings is 1. The lowest BCUT2D eigenvalue weighted by atomic mass is 10.1. The molecule has 0 aliphatic carbocycles. The van der Waals surface area contributed by atoms with Crippen LogP contribution in [0.4, 0.5) is 0 Å². The molecule has 0 heterocycles. The molecule has 1 aromatic carbocycles. The number of allylic oxidation sites excluding steroid dienone is 1. The summed E-state index contributed by atoms with van der Waals surface area (Å²) >= 11 is 0. The van der Waals surface area contributed by atoms with Crippen LogP contribution in [0, 0.1) is 0 Å². The zero-order chi connectivity index (χ0) is 13.4. The molecule has 0 bridgehead atoms. The Morgan fingerprint density at radius 1 is 1.11 bits per heavy atom. The van der Waals surface area contributed by atoms with Crippen molar-refractivity contribution in [2.24, 2.45) is 0 Å². The van der Waals surface area contributed by atoms with Crippen molar-refractivity contribution < 1.29 is 25.9 Å². The molecule has 6 nitrogen and oxygen atoms in total. The SMILES string of the molecule is C=C(C)c1cccc(S(=O)(=O)O)c1S(=O)(=O)O.[MgH2]. The van der Waals surface area contributed by atoms with Crippen molar-refractivity contribution in [1.29, 1.82) is 0 Å². The van der Waals surface area contributed by atoms with E-state index in [0.717, 1.165) is 6.07 Å². The monoisotopic (exact) mass is 304 g/mol. The van der Waals surface area contributed by atoms with E-state index in [1.54, 1.807) is 0 Å². The molecule has 0 fully saturated rings. The van der Waals surface area contributed by atoms with Crippen molar-refractivity contribution in [1.82, 2.24) is 0 Å². The molecule has 0 saturated heterocycles. The van der Waals surface area contributed by atoms with Gasteiger partial charge in [-0.25, -0.2) is 0 Å². The highest BCUT2D eigenvalue weighted by molar-refractivity contribution is 7.89. The third-order valence-electron chi connectivity index (χ3n) is 1.97. The van der Waals surface area contributed by atoms with Gasteiger partial charge in [0.2, 0.25) is 0 Å². The summed E-state index contributed by atoms with van der Waals surface area (Å²) in [6.45, 7) is 4.91. The van der Waals surface area contributed by atoms with Crippen molar-refractivity contribution in [3.63, 3.8) is 0 Å². The van der Waals surface area contributed by atoms with Crippen molar-refractivity contribution in [3.05, 3.63) is 30.3 Å². The normalized spacial score (nSPS) is 11.7. The molecular formula is C9H12MgO6S2. The maximum absolute atomic E-state index is 11.2. The zero-order valence-electron chi connectivity index (χ0n) is 8.78. The van der Waals surface area contributed by atoms with E-state index in [-0.39, 0.29) is 34.2 Å². The molecule has 0 saturated carbocycles. The van der Waals surface area contributed by atoms with Crippen LogP contribution in [0.15, 0.2) is 34.6 Å². The number of hydrogen-bond donors (Lipinski definition) is 2. The van der Waals surface area contributed by atoms with E-state index in [4.69, 9.17) is 9.11 Å². The minimum absolute atomic E-state index is 0. The van der Waals surface area contributed by atoms with Gasteiger partial charge in [0.15, 0.2) is 0 Å². The van der Waals surface area contributed by atoms with Crippen LogP contribution < -0.4 is 0 Å². The second kappa shape index (κ2) is 5.67. The molecule has 2 N–H and O–H groups in total. The predicted molar refractivity (Wildman–Crippen MR) is 69.3 cm³/mol. The number of hydrogen-bond acceptors (Lipinski definition) is 4. The third-order valence-corrected chi connectivity index (χ3v) is 3.96. The van der Waals surface area contributed by atoms with Gasteiger partial charge in [0.05, 0.1) is 0 Å². The average molecular weight is 305 g/mol. The zero-order valence-corrected chi connectivity index (χ0v) is 10.4. The van der Waals surface area contributed by atoms with Crippen molar-refractivity contribution in [3.8, 4) is 0 Å². The Morgan fingerprint density at radius 3 is 1.94 bits per heavy atom. The van der Waals surface area contributed by atoms with Gasteiger partial charge in [-0.05, 0) is 24.1 Å². The van der Waals surface area contributed by atoms with Gasteiger partial charge in [-0.3, -0.25) is 9.11 Å². The second-order valence-electron chi connectivity index (χ2n) is 3.36. The van der Waals surface area contributed by atoms with Crippen molar-refractivity contribution in [2.75, 3.05) is 0 Å². The van der Waals surface area contributed by atoms with Crippen LogP contribution in [0.1, 0.15) is 12.5 Å². The maximum Gasteiger partial charge on any atom is 0.316 e. The molecular weight excluding hydrogens is 293 g/mol. The Kier molecular flexibility index (Phi) is 5.53. The molecule has 0 spiro atoms. The van der Waals surface area contributed by atoms with E-state index in [2.05, 4.69) is 6.58 Å². The van der Waals surface area contributed by atoms with Crippen LogP contribution in [0.2, 0.25) is 0 Å². The summed E-state index contributed by atoms with van der Waals surface area (Å²) in [6.07, 6.45) is 0. The molecule has 0 aromatic heterocycles. The molecule has 0 radical (unpaired) electrons. The fraction of sp³-hybridized carbons (Fsp3) is 0.111. The van der Waals surface area contributed by atoms with Crippen LogP contribution in [0.5, 0.6) is 0 Å². The molecule has 0 atom stereocenters. The van der Waals surface area contributed by atoms with Crippen LogP contribution in [0.25, 0.3) is 5.57 Å². The van der Waals surface area contributed by atoms with Crippen molar-refractivity contribution >= 4 is 48.9 Å². The van der Waals surface area contributed by atoms with Gasteiger partial charge >= 0.3 is 23.1 Å². The second-order valence-corrected chi connectivity index (χ2v) is 6.11. The van der Waals surface area contributed by atoms with E-state index in [1.165, 1.54) is 19.1 Å². The fourth-order valence-electron chi connectivity index (χ4n) is 1.32. The quantitative estimate of drug-likeness (QED) is 0.614. The summed E-state index contributed by atoms with van der Waals surface area (Å²) in [6, 6.07) is 3.40. The molecule has 0 amide bonds. The van der Waals surface area contributed by atoms with Crippen LogP contribution in [-0.4, -0.2) is 49.0 Å². The summed E-state index contributed by atoms with van der Waals surface area (Å²) in [4.78, 5) is -1.74. The van der Waals surface area contributed by atoms with Gasteiger partial charge in [0.25, 0.3) is 20.2 Å². The topological polar surface area (TPSA) is 109 Å². The van der Waals surface area contributed by atoms with Gasteiger partial charge in [-0.15, -0.1) is 0 Å². The molecule has 9 heteroatoms. The molecule has 1 rings (SSSR count). The lowest BCUT2D eigenvalue weighted by Gasteiger charge is -2.10. The predicted octanol–water partition coefficient (Wildman–Crippen LogP) is 0.297. The summed E-state index contributed by atoms with van der Waals surface area (Å²) < 4.78 is 62.3.